The Kier molecular flexibility index (Phi) is 6.06. The van der Waals surface area contributed by atoms with E-state index in [2.05, 4.69) is 31.6 Å². The molecule has 1 rings (SSSR count). The average Bonchev–Trinajstić information content (AvgIpc) is 2.37. The third-order valence-corrected chi connectivity index (χ3v) is 3.90. The average molecular weight is 292 g/mol. The van der Waals surface area contributed by atoms with E-state index in [0.29, 0.717) is 0 Å². The van der Waals surface area contributed by atoms with Crippen LogP contribution in [0.1, 0.15) is 47.0 Å². The van der Waals surface area contributed by atoms with E-state index < -0.39 is 18.2 Å². The largest absolute Gasteiger partial charge is 0.460 e. The van der Waals surface area contributed by atoms with Gasteiger partial charge < -0.3 is 4.74 Å². The first-order chi connectivity index (χ1) is 9.77. The molecule has 0 bridgehead atoms. The summed E-state index contributed by atoms with van der Waals surface area (Å²) in [6, 6.07) is 0. The van der Waals surface area contributed by atoms with Gasteiger partial charge in [-0.05, 0) is 38.2 Å². The first-order valence-corrected chi connectivity index (χ1v) is 7.35. The zero-order chi connectivity index (χ0) is 16.0. The normalized spacial score (nSPS) is 21.0. The van der Waals surface area contributed by atoms with E-state index in [0.717, 1.165) is 12.8 Å². The van der Waals surface area contributed by atoms with Crippen LogP contribution in [0, 0.1) is 11.3 Å². The summed E-state index contributed by atoms with van der Waals surface area (Å²) in [5.41, 5.74) is 1.34. The van der Waals surface area contributed by atoms with Crippen LogP contribution < -0.4 is 0 Å². The van der Waals surface area contributed by atoms with E-state index in [9.17, 15) is 14.4 Å². The maximum absolute atomic E-state index is 11.8. The van der Waals surface area contributed by atoms with Crippen LogP contribution >= 0.6 is 0 Å². The Morgan fingerprint density at radius 2 is 2.05 bits per heavy atom. The van der Waals surface area contributed by atoms with Crippen LogP contribution in [-0.4, -0.2) is 24.1 Å². The molecule has 0 spiro atoms. The van der Waals surface area contributed by atoms with Gasteiger partial charge in [0.25, 0.3) is 0 Å². The van der Waals surface area contributed by atoms with Gasteiger partial charge in [-0.1, -0.05) is 31.6 Å². The Labute approximate surface area is 126 Å². The fourth-order valence-electron chi connectivity index (χ4n) is 2.69. The second-order valence-corrected chi connectivity index (χ2v) is 6.10. The highest BCUT2D eigenvalue weighted by atomic mass is 16.5. The molecule has 1 aliphatic rings. The number of ketones is 2. The molecule has 0 amide bonds. The van der Waals surface area contributed by atoms with E-state index >= 15 is 0 Å². The van der Waals surface area contributed by atoms with Crippen molar-refractivity contribution in [2.45, 2.75) is 47.0 Å². The molecule has 0 saturated heterocycles. The molecule has 0 saturated carbocycles. The van der Waals surface area contributed by atoms with Crippen LogP contribution in [0.2, 0.25) is 0 Å². The van der Waals surface area contributed by atoms with Gasteiger partial charge in [0.15, 0.2) is 5.78 Å². The molecule has 1 atom stereocenters. The molecule has 0 aromatic carbocycles. The Hall–Kier alpha value is -1.71. The van der Waals surface area contributed by atoms with Crippen LogP contribution in [0.4, 0.5) is 0 Å². The first-order valence-electron chi connectivity index (χ1n) is 7.35. The van der Waals surface area contributed by atoms with Gasteiger partial charge in [0.1, 0.15) is 0 Å². The lowest BCUT2D eigenvalue weighted by molar-refractivity contribution is -0.154. The third kappa shape index (κ3) is 4.96. The van der Waals surface area contributed by atoms with E-state index in [-0.39, 0.29) is 23.7 Å². The van der Waals surface area contributed by atoms with Crippen molar-refractivity contribution in [3.8, 4) is 0 Å². The topological polar surface area (TPSA) is 60.4 Å². The first kappa shape index (κ1) is 17.3. The van der Waals surface area contributed by atoms with Crippen molar-refractivity contribution in [1.29, 1.82) is 0 Å². The fraction of sp³-hybridized carbons (Fsp3) is 0.588. The number of ether oxygens (including phenoxy) is 1. The molecule has 1 unspecified atom stereocenters. The summed E-state index contributed by atoms with van der Waals surface area (Å²) in [6.45, 7) is 8.16. The Bertz CT molecular complexity index is 483. The Balaban J connectivity index is 2.65. The number of esters is 1. The molecule has 0 radical (unpaired) electrons. The van der Waals surface area contributed by atoms with Gasteiger partial charge in [-0.15, -0.1) is 0 Å². The molecule has 0 N–H and O–H groups in total. The van der Waals surface area contributed by atoms with E-state index in [1.807, 2.05) is 6.08 Å². The van der Waals surface area contributed by atoms with Gasteiger partial charge in [-0.3, -0.25) is 9.59 Å². The van der Waals surface area contributed by atoms with Gasteiger partial charge in [0, 0.05) is 5.92 Å². The highest BCUT2D eigenvalue weighted by Gasteiger charge is 2.31. The highest BCUT2D eigenvalue weighted by Crippen LogP contribution is 2.41. The Morgan fingerprint density at radius 1 is 1.38 bits per heavy atom. The monoisotopic (exact) mass is 292 g/mol. The molecule has 116 valence electrons. The van der Waals surface area contributed by atoms with Crippen LogP contribution in [0.15, 0.2) is 23.8 Å². The molecular formula is C17H24O4. The molecule has 0 fully saturated rings. The SMILES string of the molecule is CCOC(=O)C(=O)CC(=O)/C=C/C1C(C)=CCCC1(C)C. The molecule has 4 heteroatoms. The standard InChI is InChI=1S/C17H24O4/c1-5-21-16(20)15(19)11-13(18)8-9-14-12(2)7-6-10-17(14,3)4/h7-9,14H,5-6,10-11H2,1-4H3/b9-8+. The summed E-state index contributed by atoms with van der Waals surface area (Å²) < 4.78 is 4.58. The number of carbonyl (C=O) groups is 3. The molecule has 0 heterocycles. The Morgan fingerprint density at radius 3 is 2.62 bits per heavy atom. The summed E-state index contributed by atoms with van der Waals surface area (Å²) >= 11 is 0. The van der Waals surface area contributed by atoms with Crippen molar-refractivity contribution in [2.24, 2.45) is 11.3 Å². The van der Waals surface area contributed by atoms with Crippen molar-refractivity contribution < 1.29 is 19.1 Å². The maximum atomic E-state index is 11.8. The third-order valence-electron chi connectivity index (χ3n) is 3.90. The smallest absolute Gasteiger partial charge is 0.375 e. The highest BCUT2D eigenvalue weighted by molar-refractivity contribution is 6.37. The quantitative estimate of drug-likeness (QED) is 0.248. The lowest BCUT2D eigenvalue weighted by Gasteiger charge is -2.36. The molecule has 0 aromatic heterocycles. The van der Waals surface area contributed by atoms with Gasteiger partial charge in [0.2, 0.25) is 5.78 Å². The summed E-state index contributed by atoms with van der Waals surface area (Å²) in [6.07, 6.45) is 7.16. The van der Waals surface area contributed by atoms with Gasteiger partial charge in [-0.2, -0.15) is 0 Å². The number of allylic oxidation sites excluding steroid dienone is 4. The lowest BCUT2D eigenvalue weighted by atomic mass is 9.68. The van der Waals surface area contributed by atoms with Crippen molar-refractivity contribution >= 4 is 17.5 Å². The molecule has 1 aliphatic carbocycles. The predicted octanol–water partition coefficient (Wildman–Crippen LogP) is 3.02. The molecule has 0 aliphatic heterocycles. The number of carbonyl (C=O) groups excluding carboxylic acids is 3. The lowest BCUT2D eigenvalue weighted by Crippen LogP contribution is -2.26. The molecular weight excluding hydrogens is 268 g/mol. The minimum absolute atomic E-state index is 0.0980. The van der Waals surface area contributed by atoms with Crippen LogP contribution in [0.25, 0.3) is 0 Å². The summed E-state index contributed by atoms with van der Waals surface area (Å²) in [7, 11) is 0. The predicted molar refractivity (Wildman–Crippen MR) is 80.7 cm³/mol. The molecule has 4 nitrogen and oxygen atoms in total. The van der Waals surface area contributed by atoms with Crippen LogP contribution in [-0.2, 0) is 19.1 Å². The van der Waals surface area contributed by atoms with E-state index in [1.165, 1.54) is 11.6 Å². The second kappa shape index (κ2) is 7.34. The number of hydrogen-bond donors (Lipinski definition) is 0. The van der Waals surface area contributed by atoms with Crippen LogP contribution in [0.5, 0.6) is 0 Å². The zero-order valence-electron chi connectivity index (χ0n) is 13.3. The van der Waals surface area contributed by atoms with Gasteiger partial charge >= 0.3 is 5.97 Å². The van der Waals surface area contributed by atoms with E-state index in [4.69, 9.17) is 0 Å². The number of hydrogen-bond acceptors (Lipinski definition) is 4. The second-order valence-electron chi connectivity index (χ2n) is 6.10. The van der Waals surface area contributed by atoms with Crippen molar-refractivity contribution in [3.63, 3.8) is 0 Å². The molecule has 21 heavy (non-hydrogen) atoms. The maximum Gasteiger partial charge on any atom is 0.375 e. The summed E-state index contributed by atoms with van der Waals surface area (Å²) in [4.78, 5) is 34.4. The van der Waals surface area contributed by atoms with E-state index in [1.54, 1.807) is 6.92 Å². The minimum Gasteiger partial charge on any atom is -0.460 e. The zero-order valence-corrected chi connectivity index (χ0v) is 13.3. The van der Waals surface area contributed by atoms with Crippen molar-refractivity contribution in [3.05, 3.63) is 23.8 Å². The van der Waals surface area contributed by atoms with Gasteiger partial charge in [-0.25, -0.2) is 4.79 Å². The fourth-order valence-corrected chi connectivity index (χ4v) is 2.69. The van der Waals surface area contributed by atoms with Crippen LogP contribution in [0.3, 0.4) is 0 Å². The van der Waals surface area contributed by atoms with Crippen molar-refractivity contribution in [1.82, 2.24) is 0 Å². The minimum atomic E-state index is -0.937. The number of rotatable bonds is 6. The summed E-state index contributed by atoms with van der Waals surface area (Å²) in [5, 5.41) is 0. The van der Waals surface area contributed by atoms with Crippen molar-refractivity contribution in [2.75, 3.05) is 6.61 Å². The van der Waals surface area contributed by atoms with Gasteiger partial charge in [0.05, 0.1) is 13.0 Å². The number of Topliss-reactive ketones (excluding diaryl/α,β-unsaturated/α-hetero) is 1. The molecule has 0 aromatic rings. The summed E-state index contributed by atoms with van der Waals surface area (Å²) in [5.74, 6) is -1.90.